The van der Waals surface area contributed by atoms with Crippen LogP contribution in [0.1, 0.15) is 39.1 Å². The highest BCUT2D eigenvalue weighted by atomic mass is 32.1. The van der Waals surface area contributed by atoms with Crippen molar-refractivity contribution in [1.29, 1.82) is 0 Å². The van der Waals surface area contributed by atoms with Crippen molar-refractivity contribution in [1.82, 2.24) is 20.0 Å². The molecular weight excluding hydrogens is 308 g/mol. The van der Waals surface area contributed by atoms with E-state index >= 15 is 0 Å². The average molecular weight is 334 g/mol. The molecule has 126 valence electrons. The minimum Gasteiger partial charge on any atom is -0.418 e. The smallest absolute Gasteiger partial charge is 0.257 e. The Kier molecular flexibility index (Phi) is 5.46. The van der Waals surface area contributed by atoms with E-state index in [1.54, 1.807) is 11.3 Å². The quantitative estimate of drug-likeness (QED) is 0.837. The molecule has 0 bridgehead atoms. The van der Waals surface area contributed by atoms with Crippen LogP contribution in [0, 0.1) is 5.92 Å². The molecule has 1 saturated heterocycles. The summed E-state index contributed by atoms with van der Waals surface area (Å²) in [6.07, 6.45) is 1.20. The fourth-order valence-electron chi connectivity index (χ4n) is 3.14. The summed E-state index contributed by atoms with van der Waals surface area (Å²) in [6.45, 7) is 12.4. The Labute approximate surface area is 142 Å². The molecule has 1 fully saturated rings. The predicted molar refractivity (Wildman–Crippen MR) is 93.5 cm³/mol. The van der Waals surface area contributed by atoms with Crippen LogP contribution in [-0.4, -0.2) is 52.7 Å². The fraction of sp³-hybridized carbons (Fsp3) is 0.647. The first kappa shape index (κ1) is 16.6. The molecule has 0 aliphatic carbocycles. The molecule has 0 saturated carbocycles. The molecule has 0 spiro atoms. The van der Waals surface area contributed by atoms with E-state index in [-0.39, 0.29) is 6.04 Å². The number of rotatable bonds is 5. The standard InChI is InChI=1S/C17H26N4OS/c1-13(2)12-20-7-5-8-21(10-9-20)14(3)16-18-19-17(22-16)15-6-4-11-23-15/h4,6,11,13-14H,5,7-10,12H2,1-3H3/t14-/m1/s1. The zero-order valence-corrected chi connectivity index (χ0v) is 15.1. The molecule has 0 N–H and O–H groups in total. The van der Waals surface area contributed by atoms with Gasteiger partial charge in [-0.15, -0.1) is 21.5 Å². The Hall–Kier alpha value is -1.24. The van der Waals surface area contributed by atoms with E-state index in [2.05, 4.69) is 40.8 Å². The van der Waals surface area contributed by atoms with E-state index in [1.807, 2.05) is 17.5 Å². The zero-order chi connectivity index (χ0) is 16.2. The van der Waals surface area contributed by atoms with Crippen LogP contribution in [0.2, 0.25) is 0 Å². The lowest BCUT2D eigenvalue weighted by Gasteiger charge is -2.25. The van der Waals surface area contributed by atoms with Gasteiger partial charge in [-0.3, -0.25) is 4.90 Å². The lowest BCUT2D eigenvalue weighted by molar-refractivity contribution is 0.182. The van der Waals surface area contributed by atoms with Crippen LogP contribution in [0.5, 0.6) is 0 Å². The molecule has 1 atom stereocenters. The van der Waals surface area contributed by atoms with E-state index in [1.165, 1.54) is 19.5 Å². The molecular formula is C17H26N4OS. The van der Waals surface area contributed by atoms with Crippen molar-refractivity contribution in [3.05, 3.63) is 23.4 Å². The van der Waals surface area contributed by atoms with E-state index in [9.17, 15) is 0 Å². The van der Waals surface area contributed by atoms with Gasteiger partial charge in [-0.1, -0.05) is 19.9 Å². The molecule has 1 aliphatic rings. The third-order valence-electron chi connectivity index (χ3n) is 4.32. The summed E-state index contributed by atoms with van der Waals surface area (Å²) in [7, 11) is 0. The Morgan fingerprint density at radius 2 is 2.04 bits per heavy atom. The maximum absolute atomic E-state index is 5.91. The Balaban J connectivity index is 1.63. The third kappa shape index (κ3) is 4.19. The molecule has 2 aromatic heterocycles. The SMILES string of the molecule is CC(C)CN1CCCN([C@H](C)c2nnc(-c3cccs3)o2)CC1. The lowest BCUT2D eigenvalue weighted by atomic mass is 10.2. The van der Waals surface area contributed by atoms with Gasteiger partial charge in [0, 0.05) is 26.2 Å². The molecule has 6 heteroatoms. The highest BCUT2D eigenvalue weighted by molar-refractivity contribution is 7.13. The van der Waals surface area contributed by atoms with Crippen molar-refractivity contribution in [2.75, 3.05) is 32.7 Å². The van der Waals surface area contributed by atoms with E-state index < -0.39 is 0 Å². The normalized spacial score (nSPS) is 19.1. The van der Waals surface area contributed by atoms with Crippen LogP contribution in [-0.2, 0) is 0 Å². The van der Waals surface area contributed by atoms with Gasteiger partial charge in [-0.25, -0.2) is 0 Å². The number of hydrogen-bond acceptors (Lipinski definition) is 6. The molecule has 0 unspecified atom stereocenters. The number of aromatic nitrogens is 2. The van der Waals surface area contributed by atoms with Gasteiger partial charge in [0.15, 0.2) is 0 Å². The molecule has 5 nitrogen and oxygen atoms in total. The Bertz CT molecular complexity index is 596. The van der Waals surface area contributed by atoms with Crippen molar-refractivity contribution < 1.29 is 4.42 Å². The van der Waals surface area contributed by atoms with Gasteiger partial charge < -0.3 is 9.32 Å². The van der Waals surface area contributed by atoms with E-state index in [0.717, 1.165) is 36.3 Å². The second kappa shape index (κ2) is 7.55. The van der Waals surface area contributed by atoms with Crippen LogP contribution in [0.25, 0.3) is 10.8 Å². The van der Waals surface area contributed by atoms with Crippen LogP contribution in [0.15, 0.2) is 21.9 Å². The topological polar surface area (TPSA) is 45.4 Å². The minimum atomic E-state index is 0.176. The van der Waals surface area contributed by atoms with Crippen LogP contribution in [0.3, 0.4) is 0 Å². The van der Waals surface area contributed by atoms with E-state index in [4.69, 9.17) is 4.42 Å². The summed E-state index contributed by atoms with van der Waals surface area (Å²) >= 11 is 1.63. The van der Waals surface area contributed by atoms with Gasteiger partial charge in [-0.05, 0) is 37.3 Å². The molecule has 23 heavy (non-hydrogen) atoms. The Morgan fingerprint density at radius 1 is 1.17 bits per heavy atom. The fourth-order valence-corrected chi connectivity index (χ4v) is 3.78. The number of thiophene rings is 1. The van der Waals surface area contributed by atoms with Gasteiger partial charge in [0.05, 0.1) is 10.9 Å². The highest BCUT2D eigenvalue weighted by Crippen LogP contribution is 2.27. The minimum absolute atomic E-state index is 0.176. The Morgan fingerprint density at radius 3 is 2.78 bits per heavy atom. The van der Waals surface area contributed by atoms with Gasteiger partial charge in [0.1, 0.15) is 0 Å². The number of nitrogens with zero attached hydrogens (tertiary/aromatic N) is 4. The average Bonchev–Trinajstić information content (AvgIpc) is 3.15. The van der Waals surface area contributed by atoms with Gasteiger partial charge >= 0.3 is 0 Å². The second-order valence-electron chi connectivity index (χ2n) is 6.68. The monoisotopic (exact) mass is 334 g/mol. The van der Waals surface area contributed by atoms with Gasteiger partial charge in [0.2, 0.25) is 5.89 Å². The molecule has 3 heterocycles. The van der Waals surface area contributed by atoms with Crippen LogP contribution in [0.4, 0.5) is 0 Å². The van der Waals surface area contributed by atoms with Crippen molar-refractivity contribution in [2.24, 2.45) is 5.92 Å². The van der Waals surface area contributed by atoms with Gasteiger partial charge in [-0.2, -0.15) is 0 Å². The van der Waals surface area contributed by atoms with Crippen molar-refractivity contribution in [2.45, 2.75) is 33.2 Å². The summed E-state index contributed by atoms with van der Waals surface area (Å²) in [5, 5.41) is 10.5. The molecule has 0 radical (unpaired) electrons. The predicted octanol–water partition coefficient (Wildman–Crippen LogP) is 3.52. The van der Waals surface area contributed by atoms with Crippen molar-refractivity contribution in [3.8, 4) is 10.8 Å². The zero-order valence-electron chi connectivity index (χ0n) is 14.2. The highest BCUT2D eigenvalue weighted by Gasteiger charge is 2.24. The van der Waals surface area contributed by atoms with Gasteiger partial charge in [0.25, 0.3) is 5.89 Å². The molecule has 0 aromatic carbocycles. The molecule has 0 amide bonds. The van der Waals surface area contributed by atoms with Crippen molar-refractivity contribution >= 4 is 11.3 Å². The first-order chi connectivity index (χ1) is 11.1. The van der Waals surface area contributed by atoms with Crippen molar-refractivity contribution in [3.63, 3.8) is 0 Å². The number of hydrogen-bond donors (Lipinski definition) is 0. The summed E-state index contributed by atoms with van der Waals surface area (Å²) in [4.78, 5) is 6.07. The maximum Gasteiger partial charge on any atom is 0.257 e. The third-order valence-corrected chi connectivity index (χ3v) is 5.18. The van der Waals surface area contributed by atoms with Crippen LogP contribution < -0.4 is 0 Å². The maximum atomic E-state index is 5.91. The molecule has 3 rings (SSSR count). The summed E-state index contributed by atoms with van der Waals surface area (Å²) in [6, 6.07) is 4.20. The van der Waals surface area contributed by atoms with Crippen LogP contribution >= 0.6 is 11.3 Å². The molecule has 2 aromatic rings. The summed E-state index contributed by atoms with van der Waals surface area (Å²) in [5.41, 5.74) is 0. The second-order valence-corrected chi connectivity index (χ2v) is 7.63. The molecule has 1 aliphatic heterocycles. The summed E-state index contributed by atoms with van der Waals surface area (Å²) in [5.74, 6) is 2.09. The summed E-state index contributed by atoms with van der Waals surface area (Å²) < 4.78 is 5.91. The lowest BCUT2D eigenvalue weighted by Crippen LogP contribution is -2.34. The first-order valence-corrected chi connectivity index (χ1v) is 9.35. The first-order valence-electron chi connectivity index (χ1n) is 8.47. The van der Waals surface area contributed by atoms with E-state index in [0.29, 0.717) is 5.89 Å². The largest absolute Gasteiger partial charge is 0.418 e.